The van der Waals surface area contributed by atoms with Crippen LogP contribution in [0.4, 0.5) is 11.6 Å². The monoisotopic (exact) mass is 248 g/mol. The first-order valence-electron chi connectivity index (χ1n) is 5.94. The molecule has 0 fully saturated rings. The lowest BCUT2D eigenvalue weighted by Crippen LogP contribution is -2.25. The number of nitrogens with one attached hydrogen (secondary N) is 1. The molecule has 0 aliphatic carbocycles. The Bertz CT molecular complexity index is 437. The highest BCUT2D eigenvalue weighted by Gasteiger charge is 2.12. The van der Waals surface area contributed by atoms with Crippen molar-refractivity contribution in [3.63, 3.8) is 0 Å². The lowest BCUT2D eigenvalue weighted by atomic mass is 10.2. The number of nitrogens with two attached hydrogens (primary N) is 1. The van der Waals surface area contributed by atoms with E-state index in [2.05, 4.69) is 21.5 Å². The molecule has 0 bridgehead atoms. The molecule has 0 aliphatic rings. The molecule has 1 aromatic heterocycles. The van der Waals surface area contributed by atoms with Gasteiger partial charge in [-0.2, -0.15) is 5.26 Å². The third-order valence-corrected chi connectivity index (χ3v) is 2.55. The fraction of sp³-hybridized carbons (Fsp3) is 0.583. The molecule has 0 aliphatic heterocycles. The molecule has 98 valence electrons. The summed E-state index contributed by atoms with van der Waals surface area (Å²) in [6.45, 7) is 6.55. The van der Waals surface area contributed by atoms with Gasteiger partial charge in [-0.15, -0.1) is 0 Å². The van der Waals surface area contributed by atoms with Gasteiger partial charge in [0.05, 0.1) is 12.0 Å². The van der Waals surface area contributed by atoms with Gasteiger partial charge >= 0.3 is 0 Å². The van der Waals surface area contributed by atoms with Crippen LogP contribution in [0, 0.1) is 17.2 Å². The number of nitrogen functional groups attached to an aromatic ring is 1. The van der Waals surface area contributed by atoms with Gasteiger partial charge in [0.15, 0.2) is 0 Å². The minimum absolute atomic E-state index is 0.0539. The zero-order chi connectivity index (χ0) is 13.7. The number of hydrazine groups is 1. The summed E-state index contributed by atoms with van der Waals surface area (Å²) in [7, 11) is 1.90. The number of nitrogens with zero attached hydrogens (tertiary/aromatic N) is 4. The summed E-state index contributed by atoms with van der Waals surface area (Å²) in [4.78, 5) is 10.7. The van der Waals surface area contributed by atoms with E-state index in [9.17, 15) is 0 Å². The van der Waals surface area contributed by atoms with Crippen molar-refractivity contribution in [3.05, 3.63) is 11.9 Å². The van der Waals surface area contributed by atoms with Crippen molar-refractivity contribution in [3.8, 4) is 6.07 Å². The quantitative estimate of drug-likeness (QED) is 0.606. The molecule has 0 radical (unpaired) electrons. The topological polar surface area (TPSA) is 90.9 Å². The zero-order valence-electron chi connectivity index (χ0n) is 11.3. The van der Waals surface area contributed by atoms with E-state index in [-0.39, 0.29) is 11.8 Å². The zero-order valence-corrected chi connectivity index (χ0v) is 11.3. The maximum absolute atomic E-state index is 8.83. The molecule has 0 aromatic carbocycles. The van der Waals surface area contributed by atoms with Crippen LogP contribution in [0.25, 0.3) is 0 Å². The van der Waals surface area contributed by atoms with Gasteiger partial charge in [0.1, 0.15) is 17.5 Å². The second-order valence-corrected chi connectivity index (χ2v) is 4.68. The lowest BCUT2D eigenvalue weighted by molar-refractivity contribution is 0.700. The van der Waals surface area contributed by atoms with E-state index in [1.54, 1.807) is 6.07 Å². The molecule has 3 N–H and O–H groups in total. The van der Waals surface area contributed by atoms with Crippen LogP contribution in [0.15, 0.2) is 6.07 Å². The van der Waals surface area contributed by atoms with Gasteiger partial charge in [-0.3, -0.25) is 0 Å². The molecule has 1 unspecified atom stereocenters. The highest BCUT2D eigenvalue weighted by Crippen LogP contribution is 2.19. The van der Waals surface area contributed by atoms with E-state index in [1.165, 1.54) is 0 Å². The highest BCUT2D eigenvalue weighted by molar-refractivity contribution is 5.48. The number of anilines is 2. The molecule has 0 spiro atoms. The van der Waals surface area contributed by atoms with E-state index in [0.717, 1.165) is 11.6 Å². The van der Waals surface area contributed by atoms with Crippen LogP contribution < -0.4 is 16.2 Å². The number of aromatic nitrogens is 2. The Morgan fingerprint density at radius 3 is 2.61 bits per heavy atom. The van der Waals surface area contributed by atoms with Crippen molar-refractivity contribution < 1.29 is 0 Å². The summed E-state index contributed by atoms with van der Waals surface area (Å²) in [6.07, 6.45) is 0. The molecular weight excluding hydrogens is 228 g/mol. The molecule has 0 amide bonds. The summed E-state index contributed by atoms with van der Waals surface area (Å²) < 4.78 is 0. The van der Waals surface area contributed by atoms with Gasteiger partial charge in [0, 0.05) is 25.6 Å². The smallest absolute Gasteiger partial charge is 0.145 e. The van der Waals surface area contributed by atoms with Crippen LogP contribution in [0.1, 0.15) is 32.5 Å². The minimum atomic E-state index is -0.0539. The molecule has 0 saturated carbocycles. The predicted octanol–water partition coefficient (Wildman–Crippen LogP) is 1.48. The Morgan fingerprint density at radius 2 is 2.11 bits per heavy atom. The number of rotatable bonds is 5. The second-order valence-electron chi connectivity index (χ2n) is 4.68. The van der Waals surface area contributed by atoms with Crippen molar-refractivity contribution >= 4 is 11.6 Å². The Kier molecular flexibility index (Phi) is 4.86. The third kappa shape index (κ3) is 3.57. The maximum atomic E-state index is 8.83. The van der Waals surface area contributed by atoms with Crippen molar-refractivity contribution in [1.29, 1.82) is 5.26 Å². The lowest BCUT2D eigenvalue weighted by Gasteiger charge is -2.21. The number of nitriles is 1. The predicted molar refractivity (Wildman–Crippen MR) is 72.0 cm³/mol. The molecule has 1 aromatic rings. The maximum Gasteiger partial charge on any atom is 0.145 e. The molecule has 1 rings (SSSR count). The summed E-state index contributed by atoms with van der Waals surface area (Å²) in [5.74, 6) is 7.66. The van der Waals surface area contributed by atoms with E-state index in [4.69, 9.17) is 11.1 Å². The van der Waals surface area contributed by atoms with Gasteiger partial charge in [-0.1, -0.05) is 13.8 Å². The third-order valence-electron chi connectivity index (χ3n) is 2.55. The Labute approximate surface area is 108 Å². The van der Waals surface area contributed by atoms with Crippen LogP contribution >= 0.6 is 0 Å². The second kappa shape index (κ2) is 6.17. The van der Waals surface area contributed by atoms with Gasteiger partial charge in [0.25, 0.3) is 0 Å². The highest BCUT2D eigenvalue weighted by atomic mass is 15.3. The summed E-state index contributed by atoms with van der Waals surface area (Å²) in [5.41, 5.74) is 2.54. The molecular formula is C12H20N6. The average Bonchev–Trinajstić information content (AvgIpc) is 2.37. The first-order valence-corrected chi connectivity index (χ1v) is 5.94. The standard InChI is InChI=1S/C12H20N6/c1-8(2)12-15-10(17-14)5-11(16-12)18(4)7-9(3)6-13/h5,8-9H,7,14H2,1-4H3,(H,15,16,17). The van der Waals surface area contributed by atoms with Crippen LogP contribution in [-0.2, 0) is 0 Å². The van der Waals surface area contributed by atoms with Crippen molar-refractivity contribution in [2.24, 2.45) is 11.8 Å². The van der Waals surface area contributed by atoms with Crippen LogP contribution in [-0.4, -0.2) is 23.6 Å². The van der Waals surface area contributed by atoms with Gasteiger partial charge in [-0.25, -0.2) is 15.8 Å². The number of hydrogen-bond acceptors (Lipinski definition) is 6. The van der Waals surface area contributed by atoms with Gasteiger partial charge in [0.2, 0.25) is 0 Å². The van der Waals surface area contributed by atoms with Crippen molar-refractivity contribution in [1.82, 2.24) is 9.97 Å². The summed E-state index contributed by atoms with van der Waals surface area (Å²) >= 11 is 0. The summed E-state index contributed by atoms with van der Waals surface area (Å²) in [6, 6.07) is 3.98. The SMILES string of the molecule is CC(C#N)CN(C)c1cc(NN)nc(C(C)C)n1. The van der Waals surface area contributed by atoms with Gasteiger partial charge < -0.3 is 10.3 Å². The largest absolute Gasteiger partial charge is 0.358 e. The summed E-state index contributed by atoms with van der Waals surface area (Å²) in [5, 5.41) is 8.83. The van der Waals surface area contributed by atoms with Crippen molar-refractivity contribution in [2.75, 3.05) is 23.9 Å². The Hall–Kier alpha value is -1.87. The fourth-order valence-electron chi connectivity index (χ4n) is 1.53. The molecule has 6 heteroatoms. The van der Waals surface area contributed by atoms with E-state index >= 15 is 0 Å². The Morgan fingerprint density at radius 1 is 1.44 bits per heavy atom. The first-order chi connectivity index (χ1) is 8.47. The normalized spacial score (nSPS) is 12.1. The van der Waals surface area contributed by atoms with E-state index in [0.29, 0.717) is 12.4 Å². The van der Waals surface area contributed by atoms with Crippen LogP contribution in [0.3, 0.4) is 0 Å². The average molecular weight is 248 g/mol. The van der Waals surface area contributed by atoms with Crippen molar-refractivity contribution in [2.45, 2.75) is 26.7 Å². The van der Waals surface area contributed by atoms with E-state index in [1.807, 2.05) is 32.7 Å². The minimum Gasteiger partial charge on any atom is -0.358 e. The molecule has 1 heterocycles. The van der Waals surface area contributed by atoms with E-state index < -0.39 is 0 Å². The van der Waals surface area contributed by atoms with Gasteiger partial charge in [-0.05, 0) is 6.92 Å². The van der Waals surface area contributed by atoms with Crippen LogP contribution in [0.2, 0.25) is 0 Å². The first kappa shape index (κ1) is 14.2. The molecule has 18 heavy (non-hydrogen) atoms. The molecule has 1 atom stereocenters. The molecule has 0 saturated heterocycles. The molecule has 6 nitrogen and oxygen atoms in total. The Balaban J connectivity index is 3.00. The number of hydrogen-bond donors (Lipinski definition) is 2. The van der Waals surface area contributed by atoms with Crippen LogP contribution in [0.5, 0.6) is 0 Å². The fourth-order valence-corrected chi connectivity index (χ4v) is 1.53.